The van der Waals surface area contributed by atoms with Crippen molar-refractivity contribution < 1.29 is 14.3 Å². The first-order valence-electron chi connectivity index (χ1n) is 8.25. The van der Waals surface area contributed by atoms with Gasteiger partial charge in [0.25, 0.3) is 11.8 Å². The van der Waals surface area contributed by atoms with Gasteiger partial charge in [-0.3, -0.25) is 9.59 Å². The minimum absolute atomic E-state index is 0.00872. The van der Waals surface area contributed by atoms with Crippen LogP contribution in [-0.2, 0) is 4.79 Å². The third kappa shape index (κ3) is 4.48. The minimum Gasteiger partial charge on any atom is -0.482 e. The number of carbonyl (C=O) groups is 2. The van der Waals surface area contributed by atoms with Gasteiger partial charge < -0.3 is 14.5 Å². The number of amides is 2. The van der Waals surface area contributed by atoms with Gasteiger partial charge in [-0.15, -0.1) is 0 Å². The molecule has 2 aromatic carbocycles. The molecule has 0 N–H and O–H groups in total. The first kappa shape index (κ1) is 19.0. The normalized spacial score (nSPS) is 14.2. The fraction of sp³-hybridized carbons (Fsp3) is 0.263. The highest BCUT2D eigenvalue weighted by Crippen LogP contribution is 2.23. The van der Waals surface area contributed by atoms with Crippen molar-refractivity contribution in [3.8, 4) is 5.75 Å². The van der Waals surface area contributed by atoms with Gasteiger partial charge in [0.2, 0.25) is 0 Å². The lowest BCUT2D eigenvalue weighted by Gasteiger charge is -2.35. The molecular formula is C19H18ClIN2O3. The lowest BCUT2D eigenvalue weighted by Crippen LogP contribution is -2.51. The van der Waals surface area contributed by atoms with Crippen molar-refractivity contribution in [1.82, 2.24) is 9.80 Å². The fourth-order valence-electron chi connectivity index (χ4n) is 2.76. The molecule has 3 rings (SSSR count). The van der Waals surface area contributed by atoms with Crippen LogP contribution in [0.15, 0.2) is 48.5 Å². The molecule has 0 spiro atoms. The molecule has 0 saturated carbocycles. The highest BCUT2D eigenvalue weighted by molar-refractivity contribution is 14.1. The number of benzene rings is 2. The summed E-state index contributed by atoms with van der Waals surface area (Å²) in [6.07, 6.45) is 0. The third-order valence-corrected chi connectivity index (χ3v) is 5.46. The number of ether oxygens (including phenoxy) is 1. The van der Waals surface area contributed by atoms with Gasteiger partial charge in [-0.25, -0.2) is 0 Å². The molecule has 5 nitrogen and oxygen atoms in total. The molecule has 1 aliphatic heterocycles. The molecule has 0 radical (unpaired) electrons. The van der Waals surface area contributed by atoms with Crippen LogP contribution >= 0.6 is 34.2 Å². The largest absolute Gasteiger partial charge is 0.482 e. The molecule has 1 heterocycles. The Balaban J connectivity index is 1.52. The van der Waals surface area contributed by atoms with Gasteiger partial charge in [0, 0.05) is 29.7 Å². The molecule has 0 unspecified atom stereocenters. The first-order valence-corrected chi connectivity index (χ1v) is 9.71. The van der Waals surface area contributed by atoms with Crippen molar-refractivity contribution in [2.24, 2.45) is 0 Å². The van der Waals surface area contributed by atoms with Crippen LogP contribution in [0.4, 0.5) is 0 Å². The lowest BCUT2D eigenvalue weighted by molar-refractivity contribution is -0.134. The molecule has 1 saturated heterocycles. The third-order valence-electron chi connectivity index (χ3n) is 4.21. The Hall–Kier alpha value is -1.80. The van der Waals surface area contributed by atoms with E-state index < -0.39 is 0 Å². The van der Waals surface area contributed by atoms with Crippen molar-refractivity contribution in [2.45, 2.75) is 0 Å². The molecule has 7 heteroatoms. The molecule has 0 aliphatic carbocycles. The average Bonchev–Trinajstić information content (AvgIpc) is 2.67. The monoisotopic (exact) mass is 484 g/mol. The zero-order chi connectivity index (χ0) is 18.5. The summed E-state index contributed by atoms with van der Waals surface area (Å²) in [4.78, 5) is 28.5. The summed E-state index contributed by atoms with van der Waals surface area (Å²) in [6, 6.07) is 14.6. The Morgan fingerprint density at radius 3 is 2.27 bits per heavy atom. The summed E-state index contributed by atoms with van der Waals surface area (Å²) >= 11 is 8.19. The molecular weight excluding hydrogens is 467 g/mol. The van der Waals surface area contributed by atoms with Crippen molar-refractivity contribution in [1.29, 1.82) is 0 Å². The first-order chi connectivity index (χ1) is 12.6. The van der Waals surface area contributed by atoms with E-state index in [0.717, 1.165) is 3.57 Å². The van der Waals surface area contributed by atoms with E-state index in [4.69, 9.17) is 16.3 Å². The number of halogens is 2. The zero-order valence-corrected chi connectivity index (χ0v) is 16.9. The minimum atomic E-state index is -0.105. The molecule has 2 aromatic rings. The van der Waals surface area contributed by atoms with Gasteiger partial charge in [-0.05, 0) is 46.9 Å². The smallest absolute Gasteiger partial charge is 0.260 e. The van der Waals surface area contributed by atoms with E-state index in [1.807, 2.05) is 24.3 Å². The maximum atomic E-state index is 12.6. The molecule has 0 atom stereocenters. The molecule has 0 aromatic heterocycles. The van der Waals surface area contributed by atoms with Gasteiger partial charge in [0.15, 0.2) is 6.61 Å². The maximum Gasteiger partial charge on any atom is 0.260 e. The van der Waals surface area contributed by atoms with Gasteiger partial charge >= 0.3 is 0 Å². The van der Waals surface area contributed by atoms with Crippen molar-refractivity contribution in [3.05, 3.63) is 62.7 Å². The molecule has 1 aliphatic rings. The molecule has 136 valence electrons. The van der Waals surface area contributed by atoms with Crippen LogP contribution in [0.3, 0.4) is 0 Å². The number of nitrogens with zero attached hydrogens (tertiary/aromatic N) is 2. The van der Waals surface area contributed by atoms with Crippen LogP contribution in [0.1, 0.15) is 10.4 Å². The Morgan fingerprint density at radius 2 is 1.58 bits per heavy atom. The summed E-state index contributed by atoms with van der Waals surface area (Å²) in [7, 11) is 0. The van der Waals surface area contributed by atoms with Crippen LogP contribution in [0.2, 0.25) is 5.02 Å². The van der Waals surface area contributed by atoms with E-state index in [1.165, 1.54) is 0 Å². The molecule has 0 bridgehead atoms. The second kappa shape index (κ2) is 8.73. The number of carbonyl (C=O) groups excluding carboxylic acids is 2. The summed E-state index contributed by atoms with van der Waals surface area (Å²) in [5, 5.41) is 0.480. The topological polar surface area (TPSA) is 49.9 Å². The second-order valence-electron chi connectivity index (χ2n) is 5.87. The van der Waals surface area contributed by atoms with Crippen molar-refractivity contribution in [2.75, 3.05) is 32.8 Å². The van der Waals surface area contributed by atoms with Crippen molar-refractivity contribution >= 4 is 46.0 Å². The Morgan fingerprint density at radius 1 is 0.962 bits per heavy atom. The van der Waals surface area contributed by atoms with E-state index in [2.05, 4.69) is 22.6 Å². The molecule has 1 fully saturated rings. The van der Waals surface area contributed by atoms with Crippen LogP contribution in [0, 0.1) is 3.57 Å². The van der Waals surface area contributed by atoms with E-state index in [0.29, 0.717) is 42.5 Å². The second-order valence-corrected chi connectivity index (χ2v) is 7.44. The summed E-state index contributed by atoms with van der Waals surface area (Å²) in [5.41, 5.74) is 0.704. The van der Waals surface area contributed by atoms with Gasteiger partial charge in [0.05, 0.1) is 10.6 Å². The highest BCUT2D eigenvalue weighted by Gasteiger charge is 2.25. The standard InChI is InChI=1S/C19H18ClIN2O3/c20-15-6-2-4-8-17(15)26-13-18(24)22-9-11-23(12-10-22)19(25)14-5-1-3-7-16(14)21/h1-8H,9-13H2. The predicted molar refractivity (Wildman–Crippen MR) is 109 cm³/mol. The lowest BCUT2D eigenvalue weighted by atomic mass is 10.2. The number of para-hydroxylation sites is 1. The van der Waals surface area contributed by atoms with E-state index >= 15 is 0 Å². The van der Waals surface area contributed by atoms with E-state index in [-0.39, 0.29) is 18.4 Å². The van der Waals surface area contributed by atoms with Crippen LogP contribution in [0.5, 0.6) is 5.75 Å². The van der Waals surface area contributed by atoms with Gasteiger partial charge in [-0.1, -0.05) is 35.9 Å². The van der Waals surface area contributed by atoms with Crippen LogP contribution in [-0.4, -0.2) is 54.4 Å². The number of hydrogen-bond acceptors (Lipinski definition) is 3. The number of hydrogen-bond donors (Lipinski definition) is 0. The zero-order valence-electron chi connectivity index (χ0n) is 14.0. The molecule has 2 amide bonds. The Labute approximate surface area is 171 Å². The quantitative estimate of drug-likeness (QED) is 0.626. The number of rotatable bonds is 4. The van der Waals surface area contributed by atoms with Crippen LogP contribution in [0.25, 0.3) is 0 Å². The molecule has 26 heavy (non-hydrogen) atoms. The van der Waals surface area contributed by atoms with Crippen LogP contribution < -0.4 is 4.74 Å². The summed E-state index contributed by atoms with van der Waals surface area (Å²) in [5.74, 6) is 0.399. The van der Waals surface area contributed by atoms with Gasteiger partial charge in [0.1, 0.15) is 5.75 Å². The highest BCUT2D eigenvalue weighted by atomic mass is 127. The maximum absolute atomic E-state index is 12.6. The average molecular weight is 485 g/mol. The summed E-state index contributed by atoms with van der Waals surface area (Å²) in [6.45, 7) is 1.97. The summed E-state index contributed by atoms with van der Waals surface area (Å²) < 4.78 is 6.44. The Bertz CT molecular complexity index is 807. The predicted octanol–water partition coefficient (Wildman–Crippen LogP) is 3.31. The number of piperazine rings is 1. The van der Waals surface area contributed by atoms with Crippen molar-refractivity contribution in [3.63, 3.8) is 0 Å². The fourth-order valence-corrected chi connectivity index (χ4v) is 3.56. The van der Waals surface area contributed by atoms with E-state index in [9.17, 15) is 9.59 Å². The Kier molecular flexibility index (Phi) is 6.37. The van der Waals surface area contributed by atoms with E-state index in [1.54, 1.807) is 34.1 Å². The SMILES string of the molecule is O=C(COc1ccccc1Cl)N1CCN(C(=O)c2ccccc2I)CC1. The van der Waals surface area contributed by atoms with Gasteiger partial charge in [-0.2, -0.15) is 0 Å².